The van der Waals surface area contributed by atoms with Gasteiger partial charge >= 0.3 is 5.97 Å². The molecule has 0 heterocycles. The molecule has 2 N–H and O–H groups in total. The smallest absolute Gasteiger partial charge is 0.307 e. The van der Waals surface area contributed by atoms with Crippen LogP contribution in [-0.4, -0.2) is 21.9 Å². The van der Waals surface area contributed by atoms with Crippen LogP contribution in [-0.2, 0) is 4.79 Å². The highest BCUT2D eigenvalue weighted by atomic mass is 32.2. The van der Waals surface area contributed by atoms with Gasteiger partial charge in [-0.2, -0.15) is 0 Å². The molecule has 0 aliphatic carbocycles. The second-order valence-electron chi connectivity index (χ2n) is 4.18. The molecule has 2 rings (SSSR count). The highest BCUT2D eigenvalue weighted by Crippen LogP contribution is 2.33. The zero-order chi connectivity index (χ0) is 13.1. The van der Waals surface area contributed by atoms with E-state index in [4.69, 9.17) is 5.11 Å². The Kier molecular flexibility index (Phi) is 3.77. The Balaban J connectivity index is 2.29. The molecule has 2 aromatic carbocycles. The number of carboxylic acids is 1. The van der Waals surface area contributed by atoms with Crippen molar-refractivity contribution in [3.05, 3.63) is 36.4 Å². The lowest BCUT2D eigenvalue weighted by molar-refractivity contribution is -0.140. The Morgan fingerprint density at radius 1 is 1.22 bits per heavy atom. The summed E-state index contributed by atoms with van der Waals surface area (Å²) in [6, 6.07) is 11.0. The number of hydrogen-bond acceptors (Lipinski definition) is 3. The monoisotopic (exact) mass is 262 g/mol. The normalized spacial score (nSPS) is 12.5. The number of carbonyl (C=O) groups is 1. The van der Waals surface area contributed by atoms with Crippen molar-refractivity contribution in [2.75, 3.05) is 5.75 Å². The van der Waals surface area contributed by atoms with Crippen LogP contribution in [0.5, 0.6) is 5.75 Å². The lowest BCUT2D eigenvalue weighted by Crippen LogP contribution is -2.11. The number of thioether (sulfide) groups is 1. The Morgan fingerprint density at radius 2 is 1.89 bits per heavy atom. The molecule has 18 heavy (non-hydrogen) atoms. The summed E-state index contributed by atoms with van der Waals surface area (Å²) in [5, 5.41) is 20.4. The number of fused-ring (bicyclic) bond motifs is 1. The predicted octanol–water partition coefficient (Wildman–Crippen LogP) is 3.36. The first-order valence-corrected chi connectivity index (χ1v) is 6.64. The fraction of sp³-hybridized carbons (Fsp3) is 0.214. The summed E-state index contributed by atoms with van der Waals surface area (Å²) in [4.78, 5) is 11.8. The molecule has 0 amide bonds. The average molecular weight is 262 g/mol. The molecule has 0 aliphatic rings. The van der Waals surface area contributed by atoms with E-state index in [1.54, 1.807) is 13.0 Å². The van der Waals surface area contributed by atoms with E-state index in [2.05, 4.69) is 0 Å². The second kappa shape index (κ2) is 5.31. The van der Waals surface area contributed by atoms with Crippen molar-refractivity contribution < 1.29 is 15.0 Å². The maximum absolute atomic E-state index is 10.8. The second-order valence-corrected chi connectivity index (χ2v) is 5.24. The van der Waals surface area contributed by atoms with Crippen LogP contribution >= 0.6 is 11.8 Å². The van der Waals surface area contributed by atoms with Crippen molar-refractivity contribution in [1.29, 1.82) is 0 Å². The fourth-order valence-electron chi connectivity index (χ4n) is 1.67. The summed E-state index contributed by atoms with van der Waals surface area (Å²) in [6.07, 6.45) is 0. The summed E-state index contributed by atoms with van der Waals surface area (Å²) in [5.41, 5.74) is 0. The van der Waals surface area contributed by atoms with E-state index in [9.17, 15) is 9.90 Å². The lowest BCUT2D eigenvalue weighted by Gasteiger charge is -2.09. The van der Waals surface area contributed by atoms with Gasteiger partial charge in [0.15, 0.2) is 0 Å². The van der Waals surface area contributed by atoms with Crippen LogP contribution in [0.15, 0.2) is 41.3 Å². The van der Waals surface area contributed by atoms with E-state index in [1.165, 1.54) is 11.8 Å². The van der Waals surface area contributed by atoms with Gasteiger partial charge < -0.3 is 10.2 Å². The van der Waals surface area contributed by atoms with Gasteiger partial charge in [-0.15, -0.1) is 11.8 Å². The van der Waals surface area contributed by atoms with Gasteiger partial charge in [0.1, 0.15) is 5.75 Å². The van der Waals surface area contributed by atoms with Gasteiger partial charge in [0, 0.05) is 16.0 Å². The Labute approximate surface area is 109 Å². The SMILES string of the molecule is CC(CSc1ccc(O)c2ccccc12)C(=O)O. The molecule has 0 aromatic heterocycles. The first-order chi connectivity index (χ1) is 8.59. The van der Waals surface area contributed by atoms with E-state index >= 15 is 0 Å². The highest BCUT2D eigenvalue weighted by Gasteiger charge is 2.12. The molecule has 0 saturated heterocycles. The number of rotatable bonds is 4. The summed E-state index contributed by atoms with van der Waals surface area (Å²) in [5.74, 6) is -0.404. The van der Waals surface area contributed by atoms with E-state index in [0.717, 1.165) is 15.7 Å². The van der Waals surface area contributed by atoms with Crippen molar-refractivity contribution in [2.45, 2.75) is 11.8 Å². The van der Waals surface area contributed by atoms with Crippen LogP contribution in [0, 0.1) is 5.92 Å². The molecule has 2 aromatic rings. The minimum atomic E-state index is -0.786. The number of carboxylic acid groups (broad SMARTS) is 1. The number of hydrogen-bond donors (Lipinski definition) is 2. The van der Waals surface area contributed by atoms with Gasteiger partial charge in [-0.25, -0.2) is 0 Å². The number of phenols is 1. The largest absolute Gasteiger partial charge is 0.507 e. The third-order valence-corrected chi connectivity index (χ3v) is 4.11. The third kappa shape index (κ3) is 2.59. The van der Waals surface area contributed by atoms with Crippen molar-refractivity contribution in [1.82, 2.24) is 0 Å². The quantitative estimate of drug-likeness (QED) is 0.829. The van der Waals surface area contributed by atoms with Crippen LogP contribution in [0.2, 0.25) is 0 Å². The molecule has 3 nitrogen and oxygen atoms in total. The molecule has 0 fully saturated rings. The molecule has 94 valence electrons. The van der Waals surface area contributed by atoms with Crippen molar-refractivity contribution >= 4 is 28.5 Å². The van der Waals surface area contributed by atoms with Gasteiger partial charge in [0.25, 0.3) is 0 Å². The predicted molar refractivity (Wildman–Crippen MR) is 73.1 cm³/mol. The molecule has 0 radical (unpaired) electrons. The Morgan fingerprint density at radius 3 is 2.56 bits per heavy atom. The summed E-state index contributed by atoms with van der Waals surface area (Å²) in [7, 11) is 0. The van der Waals surface area contributed by atoms with Crippen LogP contribution in [0.1, 0.15) is 6.92 Å². The zero-order valence-electron chi connectivity index (χ0n) is 9.96. The summed E-state index contributed by atoms with van der Waals surface area (Å²) in [6.45, 7) is 1.69. The van der Waals surface area contributed by atoms with Gasteiger partial charge in [0.2, 0.25) is 0 Å². The number of aliphatic carboxylic acids is 1. The van der Waals surface area contributed by atoms with Gasteiger partial charge in [-0.05, 0) is 17.5 Å². The summed E-state index contributed by atoms with van der Waals surface area (Å²) >= 11 is 1.50. The molecule has 1 atom stereocenters. The van der Waals surface area contributed by atoms with Crippen molar-refractivity contribution in [3.8, 4) is 5.75 Å². The topological polar surface area (TPSA) is 57.5 Å². The minimum Gasteiger partial charge on any atom is -0.507 e. The molecule has 1 unspecified atom stereocenters. The lowest BCUT2D eigenvalue weighted by atomic mass is 10.1. The molecular weight excluding hydrogens is 248 g/mol. The van der Waals surface area contributed by atoms with Crippen LogP contribution < -0.4 is 0 Å². The fourth-order valence-corrected chi connectivity index (χ4v) is 2.74. The van der Waals surface area contributed by atoms with E-state index in [1.807, 2.05) is 30.3 Å². The first-order valence-electron chi connectivity index (χ1n) is 5.66. The minimum absolute atomic E-state index is 0.251. The maximum Gasteiger partial charge on any atom is 0.307 e. The van der Waals surface area contributed by atoms with Crippen LogP contribution in [0.4, 0.5) is 0 Å². The molecule has 0 saturated carbocycles. The van der Waals surface area contributed by atoms with Gasteiger partial charge in [0.05, 0.1) is 5.92 Å². The summed E-state index contributed by atoms with van der Waals surface area (Å²) < 4.78 is 0. The van der Waals surface area contributed by atoms with E-state index in [0.29, 0.717) is 5.75 Å². The molecule has 0 aliphatic heterocycles. The van der Waals surface area contributed by atoms with Gasteiger partial charge in [-0.3, -0.25) is 4.79 Å². The molecule has 4 heteroatoms. The zero-order valence-corrected chi connectivity index (χ0v) is 10.8. The molecule has 0 bridgehead atoms. The molecular formula is C14H14O3S. The number of phenolic OH excluding ortho intramolecular Hbond substituents is 1. The Hall–Kier alpha value is -1.68. The molecule has 0 spiro atoms. The third-order valence-electron chi connectivity index (χ3n) is 2.77. The number of aromatic hydroxyl groups is 1. The average Bonchev–Trinajstić information content (AvgIpc) is 2.38. The first kappa shape index (κ1) is 12.8. The number of benzene rings is 2. The highest BCUT2D eigenvalue weighted by molar-refractivity contribution is 7.99. The van der Waals surface area contributed by atoms with E-state index in [-0.39, 0.29) is 11.7 Å². The standard InChI is InChI=1S/C14H14O3S/c1-9(14(16)17)8-18-13-7-6-12(15)10-4-2-3-5-11(10)13/h2-7,9,15H,8H2,1H3,(H,16,17). The van der Waals surface area contributed by atoms with Crippen molar-refractivity contribution in [2.24, 2.45) is 5.92 Å². The maximum atomic E-state index is 10.8. The van der Waals surface area contributed by atoms with Crippen LogP contribution in [0.25, 0.3) is 10.8 Å². The van der Waals surface area contributed by atoms with Crippen molar-refractivity contribution in [3.63, 3.8) is 0 Å². The van der Waals surface area contributed by atoms with E-state index < -0.39 is 5.97 Å². The van der Waals surface area contributed by atoms with Gasteiger partial charge in [-0.1, -0.05) is 31.2 Å². The Bertz CT molecular complexity index is 580. The van der Waals surface area contributed by atoms with Crippen LogP contribution in [0.3, 0.4) is 0 Å².